The van der Waals surface area contributed by atoms with Gasteiger partial charge in [-0.1, -0.05) is 12.1 Å². The molecule has 27 heavy (non-hydrogen) atoms. The van der Waals surface area contributed by atoms with Gasteiger partial charge in [0.25, 0.3) is 5.91 Å². The third-order valence-electron chi connectivity index (χ3n) is 5.61. The van der Waals surface area contributed by atoms with Crippen molar-refractivity contribution in [2.24, 2.45) is 5.92 Å². The summed E-state index contributed by atoms with van der Waals surface area (Å²) in [5.41, 5.74) is 3.93. The second-order valence-corrected chi connectivity index (χ2v) is 7.75. The van der Waals surface area contributed by atoms with E-state index in [2.05, 4.69) is 11.4 Å². The third-order valence-corrected chi connectivity index (χ3v) is 5.61. The SMILES string of the molecule is CN(C)c1cccc(C(=O)NC(c2ccc3c(c2)CCO3)C2CC(O)C2)c1. The summed E-state index contributed by atoms with van der Waals surface area (Å²) in [6.45, 7) is 0.718. The molecule has 1 atom stereocenters. The first-order valence-corrected chi connectivity index (χ1v) is 9.53. The van der Waals surface area contributed by atoms with E-state index in [1.165, 1.54) is 5.56 Å². The number of carbonyl (C=O) groups excluding carboxylic acids is 1. The zero-order valence-electron chi connectivity index (χ0n) is 15.8. The first kappa shape index (κ1) is 17.9. The van der Waals surface area contributed by atoms with Gasteiger partial charge in [-0.2, -0.15) is 0 Å². The Hall–Kier alpha value is -2.53. The van der Waals surface area contributed by atoms with Crippen LogP contribution in [-0.4, -0.2) is 37.8 Å². The maximum Gasteiger partial charge on any atom is 0.251 e. The highest BCUT2D eigenvalue weighted by atomic mass is 16.5. The number of nitrogens with one attached hydrogen (secondary N) is 1. The molecule has 4 rings (SSSR count). The molecule has 0 saturated heterocycles. The number of nitrogens with zero attached hydrogens (tertiary/aromatic N) is 1. The Morgan fingerprint density at radius 3 is 2.78 bits per heavy atom. The molecule has 1 saturated carbocycles. The Morgan fingerprint density at radius 1 is 1.22 bits per heavy atom. The molecular formula is C22H26N2O3. The molecule has 2 aromatic rings. The Labute approximate surface area is 160 Å². The van der Waals surface area contributed by atoms with Crippen LogP contribution < -0.4 is 15.0 Å². The molecule has 2 N–H and O–H groups in total. The Balaban J connectivity index is 1.58. The van der Waals surface area contributed by atoms with Crippen LogP contribution in [0.25, 0.3) is 0 Å². The van der Waals surface area contributed by atoms with Crippen LogP contribution in [0.1, 0.15) is 40.4 Å². The van der Waals surface area contributed by atoms with E-state index in [1.54, 1.807) is 0 Å². The third kappa shape index (κ3) is 3.65. The summed E-state index contributed by atoms with van der Waals surface area (Å²) in [5, 5.41) is 13.0. The predicted molar refractivity (Wildman–Crippen MR) is 105 cm³/mol. The zero-order chi connectivity index (χ0) is 19.0. The highest BCUT2D eigenvalue weighted by Gasteiger charge is 2.36. The Morgan fingerprint density at radius 2 is 2.04 bits per heavy atom. The molecule has 5 heteroatoms. The van der Waals surface area contributed by atoms with Crippen molar-refractivity contribution in [3.8, 4) is 5.75 Å². The number of aliphatic hydroxyl groups is 1. The van der Waals surface area contributed by atoms with Gasteiger partial charge in [-0.05, 0) is 60.2 Å². The lowest BCUT2D eigenvalue weighted by Gasteiger charge is -2.38. The van der Waals surface area contributed by atoms with Gasteiger partial charge in [0.2, 0.25) is 0 Å². The summed E-state index contributed by atoms with van der Waals surface area (Å²) >= 11 is 0. The van der Waals surface area contributed by atoms with E-state index >= 15 is 0 Å². The fourth-order valence-corrected chi connectivity index (χ4v) is 3.93. The van der Waals surface area contributed by atoms with Crippen molar-refractivity contribution in [1.82, 2.24) is 5.32 Å². The van der Waals surface area contributed by atoms with Crippen LogP contribution >= 0.6 is 0 Å². The van der Waals surface area contributed by atoms with E-state index < -0.39 is 0 Å². The number of aliphatic hydroxyl groups excluding tert-OH is 1. The maximum absolute atomic E-state index is 12.9. The molecule has 1 amide bonds. The van der Waals surface area contributed by atoms with Crippen molar-refractivity contribution in [2.75, 3.05) is 25.6 Å². The minimum Gasteiger partial charge on any atom is -0.493 e. The molecule has 1 aliphatic carbocycles. The van der Waals surface area contributed by atoms with Gasteiger partial charge in [-0.25, -0.2) is 0 Å². The molecule has 0 radical (unpaired) electrons. The number of fused-ring (bicyclic) bond motifs is 1. The Kier molecular flexibility index (Phi) is 4.79. The summed E-state index contributed by atoms with van der Waals surface area (Å²) in [6, 6.07) is 13.7. The van der Waals surface area contributed by atoms with Gasteiger partial charge in [0.05, 0.1) is 18.8 Å². The number of rotatable bonds is 5. The van der Waals surface area contributed by atoms with Crippen LogP contribution in [0.15, 0.2) is 42.5 Å². The number of ether oxygens (including phenoxy) is 1. The standard InChI is InChI=1S/C22H26N2O3/c1-24(2)18-5-3-4-16(11-18)22(26)23-21(17-12-19(25)13-17)15-6-7-20-14(10-15)8-9-27-20/h3-7,10-11,17,19,21,25H,8-9,12-13H2,1-2H3,(H,23,26). The number of benzene rings is 2. The topological polar surface area (TPSA) is 61.8 Å². The van der Waals surface area contributed by atoms with Gasteiger partial charge in [-0.3, -0.25) is 4.79 Å². The monoisotopic (exact) mass is 366 g/mol. The predicted octanol–water partition coefficient (Wildman–Crippen LogP) is 2.93. The Bertz CT molecular complexity index is 843. The molecule has 0 aromatic heterocycles. The molecule has 1 fully saturated rings. The van der Waals surface area contributed by atoms with Crippen molar-refractivity contribution in [2.45, 2.75) is 31.4 Å². The zero-order valence-corrected chi connectivity index (χ0v) is 15.8. The number of anilines is 1. The molecule has 1 heterocycles. The summed E-state index contributed by atoms with van der Waals surface area (Å²) in [7, 11) is 3.92. The fourth-order valence-electron chi connectivity index (χ4n) is 3.93. The van der Waals surface area contributed by atoms with Gasteiger partial charge in [0.15, 0.2) is 0 Å². The normalized spacial score (nSPS) is 21.6. The summed E-state index contributed by atoms with van der Waals surface area (Å²) in [6.07, 6.45) is 2.08. The minimum atomic E-state index is -0.260. The molecule has 5 nitrogen and oxygen atoms in total. The van der Waals surface area contributed by atoms with Crippen molar-refractivity contribution in [3.05, 3.63) is 59.2 Å². The second kappa shape index (κ2) is 7.24. The van der Waals surface area contributed by atoms with Crippen LogP contribution in [0.3, 0.4) is 0 Å². The van der Waals surface area contributed by atoms with Gasteiger partial charge in [-0.15, -0.1) is 0 Å². The average molecular weight is 366 g/mol. The highest BCUT2D eigenvalue weighted by molar-refractivity contribution is 5.95. The van der Waals surface area contributed by atoms with E-state index in [0.717, 1.165) is 42.9 Å². The number of amides is 1. The van der Waals surface area contributed by atoms with Crippen LogP contribution in [-0.2, 0) is 6.42 Å². The lowest BCUT2D eigenvalue weighted by atomic mass is 9.74. The molecule has 0 spiro atoms. The quantitative estimate of drug-likeness (QED) is 0.854. The van der Waals surface area contributed by atoms with Gasteiger partial charge >= 0.3 is 0 Å². The van der Waals surface area contributed by atoms with Crippen LogP contribution in [0.5, 0.6) is 5.75 Å². The van der Waals surface area contributed by atoms with Gasteiger partial charge in [0, 0.05) is 31.8 Å². The van der Waals surface area contributed by atoms with Crippen molar-refractivity contribution < 1.29 is 14.6 Å². The number of carbonyl (C=O) groups is 1. The fraction of sp³-hybridized carbons (Fsp3) is 0.409. The first-order valence-electron chi connectivity index (χ1n) is 9.53. The summed E-state index contributed by atoms with van der Waals surface area (Å²) in [4.78, 5) is 14.9. The first-order chi connectivity index (χ1) is 13.0. The lowest BCUT2D eigenvalue weighted by molar-refractivity contribution is 0.0235. The molecular weight excluding hydrogens is 340 g/mol. The average Bonchev–Trinajstić information content (AvgIpc) is 3.11. The lowest BCUT2D eigenvalue weighted by Crippen LogP contribution is -2.41. The molecule has 0 bridgehead atoms. The van der Waals surface area contributed by atoms with Gasteiger partial charge in [0.1, 0.15) is 5.75 Å². The summed E-state index contributed by atoms with van der Waals surface area (Å²) in [5.74, 6) is 1.11. The number of hydrogen-bond donors (Lipinski definition) is 2. The number of hydrogen-bond acceptors (Lipinski definition) is 4. The molecule has 142 valence electrons. The van der Waals surface area contributed by atoms with E-state index in [-0.39, 0.29) is 24.0 Å². The van der Waals surface area contributed by atoms with E-state index in [9.17, 15) is 9.90 Å². The molecule has 2 aliphatic rings. The van der Waals surface area contributed by atoms with Crippen molar-refractivity contribution in [1.29, 1.82) is 0 Å². The van der Waals surface area contributed by atoms with E-state index in [4.69, 9.17) is 4.74 Å². The van der Waals surface area contributed by atoms with E-state index in [0.29, 0.717) is 5.56 Å². The largest absolute Gasteiger partial charge is 0.493 e. The van der Waals surface area contributed by atoms with Crippen LogP contribution in [0, 0.1) is 5.92 Å². The maximum atomic E-state index is 12.9. The van der Waals surface area contributed by atoms with E-state index in [1.807, 2.05) is 55.4 Å². The molecule has 2 aromatic carbocycles. The highest BCUT2D eigenvalue weighted by Crippen LogP contribution is 2.40. The minimum absolute atomic E-state index is 0.0816. The van der Waals surface area contributed by atoms with Crippen LogP contribution in [0.4, 0.5) is 5.69 Å². The smallest absolute Gasteiger partial charge is 0.251 e. The van der Waals surface area contributed by atoms with Crippen LogP contribution in [0.2, 0.25) is 0 Å². The van der Waals surface area contributed by atoms with Gasteiger partial charge < -0.3 is 20.1 Å². The second-order valence-electron chi connectivity index (χ2n) is 7.75. The molecule has 1 aliphatic heterocycles. The molecule has 1 unspecified atom stereocenters. The summed E-state index contributed by atoms with van der Waals surface area (Å²) < 4.78 is 5.61. The van der Waals surface area contributed by atoms with Crippen molar-refractivity contribution in [3.63, 3.8) is 0 Å². The van der Waals surface area contributed by atoms with Crippen molar-refractivity contribution >= 4 is 11.6 Å².